The second-order valence-corrected chi connectivity index (χ2v) is 13.9. The summed E-state index contributed by atoms with van der Waals surface area (Å²) in [6.07, 6.45) is 3.23. The maximum absolute atomic E-state index is 14.4. The molecule has 1 saturated heterocycles. The summed E-state index contributed by atoms with van der Waals surface area (Å²) in [5.41, 5.74) is 7.05. The van der Waals surface area contributed by atoms with E-state index in [0.29, 0.717) is 21.5 Å². The van der Waals surface area contributed by atoms with E-state index in [1.807, 2.05) is 48.5 Å². The Labute approximate surface area is 303 Å². The summed E-state index contributed by atoms with van der Waals surface area (Å²) in [6.45, 7) is 1.95. The van der Waals surface area contributed by atoms with Gasteiger partial charge in [0.15, 0.2) is 0 Å². The van der Waals surface area contributed by atoms with Crippen LogP contribution in [0.2, 0.25) is 0 Å². The van der Waals surface area contributed by atoms with E-state index in [0.717, 1.165) is 53.2 Å². The summed E-state index contributed by atoms with van der Waals surface area (Å²) in [5, 5.41) is 2.41. The van der Waals surface area contributed by atoms with Gasteiger partial charge in [0.2, 0.25) is 0 Å². The van der Waals surface area contributed by atoms with Crippen LogP contribution in [0.5, 0.6) is 5.75 Å². The van der Waals surface area contributed by atoms with Crippen LogP contribution in [0.3, 0.4) is 0 Å². The van der Waals surface area contributed by atoms with Crippen molar-refractivity contribution in [2.75, 3.05) is 22.9 Å². The summed E-state index contributed by atoms with van der Waals surface area (Å²) < 4.78 is 20.2. The molecule has 0 bridgehead atoms. The number of carbonyl (C=O) groups excluding carboxylic acids is 3. The molecule has 0 saturated carbocycles. The summed E-state index contributed by atoms with van der Waals surface area (Å²) in [7, 11) is 0. The van der Waals surface area contributed by atoms with Crippen LogP contribution in [0.15, 0.2) is 125 Å². The van der Waals surface area contributed by atoms with Gasteiger partial charge in [-0.2, -0.15) is 0 Å². The first-order valence-corrected chi connectivity index (χ1v) is 17.7. The molecule has 1 N–H and O–H groups in total. The lowest BCUT2D eigenvalue weighted by molar-refractivity contribution is -0.122. The molecular weight excluding hydrogens is 709 g/mol. The molecule has 7 nitrogen and oxygen atoms in total. The maximum atomic E-state index is 14.4. The van der Waals surface area contributed by atoms with Crippen LogP contribution in [0.4, 0.5) is 20.6 Å². The number of benzene rings is 5. The summed E-state index contributed by atoms with van der Waals surface area (Å²) in [6, 6.07) is 35.0. The highest BCUT2D eigenvalue weighted by molar-refractivity contribution is 9.10. The number of carbonyl (C=O) groups is 3. The minimum atomic E-state index is -0.799. The predicted molar refractivity (Wildman–Crippen MR) is 198 cm³/mol. The number of anilines is 2. The van der Waals surface area contributed by atoms with Crippen molar-refractivity contribution < 1.29 is 23.5 Å². The molecule has 8 rings (SSSR count). The molecule has 4 amide bonds. The van der Waals surface area contributed by atoms with E-state index in [4.69, 9.17) is 4.74 Å². The molecule has 0 aliphatic carbocycles. The minimum Gasteiger partial charge on any atom is -0.488 e. The van der Waals surface area contributed by atoms with Crippen LogP contribution >= 0.6 is 15.9 Å². The Morgan fingerprint density at radius 2 is 1.39 bits per heavy atom. The van der Waals surface area contributed by atoms with Gasteiger partial charge >= 0.3 is 6.03 Å². The van der Waals surface area contributed by atoms with Gasteiger partial charge in [0.1, 0.15) is 23.7 Å². The molecule has 3 aliphatic heterocycles. The van der Waals surface area contributed by atoms with Crippen LogP contribution in [0.25, 0.3) is 6.08 Å². The van der Waals surface area contributed by atoms with E-state index >= 15 is 0 Å². The fraction of sp³-hybridized carbons (Fsp3) is 0.167. The number of barbiturate groups is 1. The SMILES string of the molecule is O=C1NC(=O)N(c2cc3c4c(c2)[C@H](c2ccccc2)CCN4CC[C@@H]3c2ccccc2)C(=O)/C1=C/c1cc(Br)ccc1OCc1ccc(F)cc1. The number of imide groups is 2. The highest BCUT2D eigenvalue weighted by Crippen LogP contribution is 2.50. The molecule has 3 aliphatic rings. The zero-order valence-electron chi connectivity index (χ0n) is 27.5. The van der Waals surface area contributed by atoms with E-state index < -0.39 is 17.8 Å². The summed E-state index contributed by atoms with van der Waals surface area (Å²) in [4.78, 5) is 44.9. The Balaban J connectivity index is 1.21. The number of nitrogens with zero attached hydrogens (tertiary/aromatic N) is 2. The Kier molecular flexibility index (Phi) is 8.73. The smallest absolute Gasteiger partial charge is 0.335 e. The molecule has 2 atom stereocenters. The Morgan fingerprint density at radius 3 is 2.00 bits per heavy atom. The molecule has 3 heterocycles. The average molecular weight is 743 g/mol. The lowest BCUT2D eigenvalue weighted by Gasteiger charge is -2.44. The number of rotatable bonds is 7. The highest BCUT2D eigenvalue weighted by atomic mass is 79.9. The predicted octanol–water partition coefficient (Wildman–Crippen LogP) is 8.71. The van der Waals surface area contributed by atoms with Crippen LogP contribution in [0.1, 0.15) is 58.1 Å². The summed E-state index contributed by atoms with van der Waals surface area (Å²) in [5.74, 6) is -1.33. The number of nitrogens with one attached hydrogen (secondary N) is 1. The normalized spacial score (nSPS) is 19.2. The molecule has 0 spiro atoms. The average Bonchev–Trinajstić information content (AvgIpc) is 3.14. The number of amides is 4. The van der Waals surface area contributed by atoms with Gasteiger partial charge in [-0.05, 0) is 89.2 Å². The van der Waals surface area contributed by atoms with Gasteiger partial charge in [-0.1, -0.05) is 88.7 Å². The van der Waals surface area contributed by atoms with Gasteiger partial charge in [-0.15, -0.1) is 0 Å². The topological polar surface area (TPSA) is 79.0 Å². The molecule has 5 aromatic rings. The molecule has 0 aromatic heterocycles. The molecule has 9 heteroatoms. The van der Waals surface area contributed by atoms with E-state index in [9.17, 15) is 18.8 Å². The fourth-order valence-electron chi connectivity index (χ4n) is 7.52. The first kappa shape index (κ1) is 32.7. The van der Waals surface area contributed by atoms with Gasteiger partial charge < -0.3 is 9.64 Å². The van der Waals surface area contributed by atoms with Crippen molar-refractivity contribution in [3.8, 4) is 5.75 Å². The minimum absolute atomic E-state index is 0.0627. The van der Waals surface area contributed by atoms with Crippen molar-refractivity contribution in [2.24, 2.45) is 0 Å². The van der Waals surface area contributed by atoms with Crippen molar-refractivity contribution >= 4 is 51.2 Å². The molecule has 5 aromatic carbocycles. The summed E-state index contributed by atoms with van der Waals surface area (Å²) >= 11 is 3.48. The number of halogens is 2. The second kappa shape index (κ2) is 13.6. The molecule has 51 heavy (non-hydrogen) atoms. The largest absolute Gasteiger partial charge is 0.488 e. The first-order chi connectivity index (χ1) is 24.8. The molecule has 0 radical (unpaired) electrons. The second-order valence-electron chi connectivity index (χ2n) is 13.0. The Hall–Kier alpha value is -5.54. The van der Waals surface area contributed by atoms with E-state index in [-0.39, 0.29) is 29.8 Å². The molecule has 0 unspecified atom stereocenters. The van der Waals surface area contributed by atoms with Crippen molar-refractivity contribution in [3.63, 3.8) is 0 Å². The van der Waals surface area contributed by atoms with Crippen LogP contribution < -0.4 is 19.9 Å². The number of hydrogen-bond acceptors (Lipinski definition) is 5. The van der Waals surface area contributed by atoms with Gasteiger partial charge in [0, 0.05) is 40.6 Å². The quantitative estimate of drug-likeness (QED) is 0.133. The molecular formula is C42H33BrFN3O4. The van der Waals surface area contributed by atoms with Crippen LogP contribution in [-0.2, 0) is 16.2 Å². The third-order valence-electron chi connectivity index (χ3n) is 9.94. The number of hydrogen-bond donors (Lipinski definition) is 1. The van der Waals surface area contributed by atoms with Crippen LogP contribution in [0, 0.1) is 5.82 Å². The Morgan fingerprint density at radius 1 is 0.784 bits per heavy atom. The van der Waals surface area contributed by atoms with Gasteiger partial charge in [0.25, 0.3) is 11.8 Å². The van der Waals surface area contributed by atoms with Crippen molar-refractivity contribution in [3.05, 3.63) is 165 Å². The van der Waals surface area contributed by atoms with Crippen molar-refractivity contribution in [1.82, 2.24) is 5.32 Å². The zero-order valence-corrected chi connectivity index (χ0v) is 29.1. The van der Waals surface area contributed by atoms with Crippen molar-refractivity contribution in [1.29, 1.82) is 0 Å². The molecule has 1 fully saturated rings. The number of urea groups is 1. The van der Waals surface area contributed by atoms with E-state index in [1.54, 1.807) is 30.3 Å². The molecule has 254 valence electrons. The van der Waals surface area contributed by atoms with Crippen molar-refractivity contribution in [2.45, 2.75) is 31.3 Å². The Bertz CT molecular complexity index is 2120. The monoisotopic (exact) mass is 741 g/mol. The standard InChI is InChI=1S/C42H33BrFN3O4/c43-30-13-16-38(51-25-26-11-14-31(44)15-12-26)29(21-30)22-37-40(48)45-42(50)47(41(37)49)32-23-35-33(27-7-3-1-4-8-27)17-19-46-20-18-34(36(24-32)39(35)46)28-9-5-2-6-10-28/h1-16,21-24,33-34H,17-20,25H2,(H,45,48,50)/b37-22+/t33-,34+. The third-order valence-corrected chi connectivity index (χ3v) is 10.4. The first-order valence-electron chi connectivity index (χ1n) is 16.9. The lowest BCUT2D eigenvalue weighted by atomic mass is 9.76. The maximum Gasteiger partial charge on any atom is 0.335 e. The lowest BCUT2D eigenvalue weighted by Crippen LogP contribution is -2.54. The third kappa shape index (κ3) is 6.34. The number of ether oxygens (including phenoxy) is 1. The highest BCUT2D eigenvalue weighted by Gasteiger charge is 2.40. The fourth-order valence-corrected chi connectivity index (χ4v) is 7.90. The van der Waals surface area contributed by atoms with E-state index in [1.165, 1.54) is 29.3 Å². The van der Waals surface area contributed by atoms with Gasteiger partial charge in [-0.3, -0.25) is 14.9 Å². The van der Waals surface area contributed by atoms with E-state index in [2.05, 4.69) is 50.4 Å². The van der Waals surface area contributed by atoms with Gasteiger partial charge in [0.05, 0.1) is 5.69 Å². The van der Waals surface area contributed by atoms with Gasteiger partial charge in [-0.25, -0.2) is 14.1 Å². The van der Waals surface area contributed by atoms with Crippen LogP contribution in [-0.4, -0.2) is 30.9 Å². The zero-order chi connectivity index (χ0) is 35.1.